The Morgan fingerprint density at radius 1 is 1.18 bits per heavy atom. The number of nitrogens with zero attached hydrogens (tertiary/aromatic N) is 1. The molecule has 1 heterocycles. The van der Waals surface area contributed by atoms with E-state index in [1.165, 1.54) is 12.1 Å². The van der Waals surface area contributed by atoms with Crippen LogP contribution in [0.3, 0.4) is 0 Å². The van der Waals surface area contributed by atoms with Gasteiger partial charge in [0, 0.05) is 5.69 Å². The molecule has 0 spiro atoms. The minimum absolute atomic E-state index is 0.277. The number of nitrogens with one attached hydrogen (secondary N) is 2. The molecule has 0 aliphatic rings. The molecule has 0 atom stereocenters. The van der Waals surface area contributed by atoms with Gasteiger partial charge < -0.3 is 10.7 Å². The summed E-state index contributed by atoms with van der Waals surface area (Å²) in [6, 6.07) is 10.0. The third kappa shape index (κ3) is 2.92. The predicted octanol–water partition coefficient (Wildman–Crippen LogP) is 2.56. The summed E-state index contributed by atoms with van der Waals surface area (Å²) in [5, 5.41) is 3.01. The van der Waals surface area contributed by atoms with Crippen LogP contribution in [0.1, 0.15) is 5.56 Å². The third-order valence-corrected chi connectivity index (χ3v) is 2.21. The highest BCUT2D eigenvalue weighted by atomic mass is 19.1. The maximum Gasteiger partial charge on any atom is 0.142 e. The summed E-state index contributed by atoms with van der Waals surface area (Å²) in [7, 11) is 0. The lowest BCUT2D eigenvalue weighted by molar-refractivity contribution is 0.627. The zero-order valence-corrected chi connectivity index (χ0v) is 9.37. The lowest BCUT2D eigenvalue weighted by Crippen LogP contribution is -2.08. The predicted molar refractivity (Wildman–Crippen MR) is 66.5 cm³/mol. The number of anilines is 3. The van der Waals surface area contributed by atoms with E-state index in [0.29, 0.717) is 17.3 Å². The molecule has 0 bridgehead atoms. The summed E-state index contributed by atoms with van der Waals surface area (Å²) in [6.45, 7) is 1.83. The number of hydrazine groups is 1. The average Bonchev–Trinajstić information content (AvgIpc) is 2.28. The van der Waals surface area contributed by atoms with Gasteiger partial charge in [-0.1, -0.05) is 6.07 Å². The van der Waals surface area contributed by atoms with Gasteiger partial charge in [-0.05, 0) is 42.8 Å². The van der Waals surface area contributed by atoms with E-state index >= 15 is 0 Å². The number of hydrogen-bond donors (Lipinski definition) is 3. The van der Waals surface area contributed by atoms with Gasteiger partial charge in [-0.25, -0.2) is 15.2 Å². The van der Waals surface area contributed by atoms with E-state index < -0.39 is 0 Å². The molecule has 0 saturated carbocycles. The largest absolute Gasteiger partial charge is 0.340 e. The Hall–Kier alpha value is -2.14. The molecule has 1 aromatic heterocycles. The fraction of sp³-hybridized carbons (Fsp3) is 0.0833. The number of nitrogen functional groups attached to an aromatic ring is 1. The highest BCUT2D eigenvalue weighted by molar-refractivity contribution is 5.58. The highest BCUT2D eigenvalue weighted by Gasteiger charge is 2.00. The summed E-state index contributed by atoms with van der Waals surface area (Å²) < 4.78 is 13.2. The monoisotopic (exact) mass is 232 g/mol. The Balaban J connectivity index is 2.24. The number of aromatic nitrogens is 1. The summed E-state index contributed by atoms with van der Waals surface area (Å²) in [5.41, 5.74) is 3.96. The number of aryl methyl sites for hydroxylation is 1. The van der Waals surface area contributed by atoms with Crippen molar-refractivity contribution in [1.82, 2.24) is 4.98 Å². The van der Waals surface area contributed by atoms with Gasteiger partial charge >= 0.3 is 0 Å². The number of hydrogen-bond acceptors (Lipinski definition) is 4. The SMILES string of the molecule is Cc1cc(F)cc(Nc2cccc(NN)n2)c1. The smallest absolute Gasteiger partial charge is 0.142 e. The molecule has 0 saturated heterocycles. The van der Waals surface area contributed by atoms with Crippen molar-refractivity contribution in [3.05, 3.63) is 47.8 Å². The van der Waals surface area contributed by atoms with Crippen LogP contribution in [0.25, 0.3) is 0 Å². The Kier molecular flexibility index (Phi) is 3.20. The van der Waals surface area contributed by atoms with Crippen LogP contribution < -0.4 is 16.6 Å². The van der Waals surface area contributed by atoms with Gasteiger partial charge in [0.25, 0.3) is 0 Å². The lowest BCUT2D eigenvalue weighted by Gasteiger charge is -2.08. The maximum atomic E-state index is 13.2. The van der Waals surface area contributed by atoms with Crippen molar-refractivity contribution >= 4 is 17.3 Å². The molecule has 17 heavy (non-hydrogen) atoms. The molecule has 2 rings (SSSR count). The second-order valence-electron chi connectivity index (χ2n) is 3.69. The van der Waals surface area contributed by atoms with Crippen LogP contribution in [0.4, 0.5) is 21.7 Å². The van der Waals surface area contributed by atoms with Crippen LogP contribution >= 0.6 is 0 Å². The molecule has 4 nitrogen and oxygen atoms in total. The first-order valence-corrected chi connectivity index (χ1v) is 5.15. The fourth-order valence-corrected chi connectivity index (χ4v) is 1.54. The van der Waals surface area contributed by atoms with E-state index in [2.05, 4.69) is 15.7 Å². The average molecular weight is 232 g/mol. The van der Waals surface area contributed by atoms with Crippen LogP contribution in [-0.4, -0.2) is 4.98 Å². The number of nitrogens with two attached hydrogens (primary N) is 1. The summed E-state index contributed by atoms with van der Waals surface area (Å²) >= 11 is 0. The number of rotatable bonds is 3. The van der Waals surface area contributed by atoms with Crippen molar-refractivity contribution in [2.24, 2.45) is 5.84 Å². The van der Waals surface area contributed by atoms with Crippen molar-refractivity contribution in [3.63, 3.8) is 0 Å². The first kappa shape index (κ1) is 11.3. The third-order valence-electron chi connectivity index (χ3n) is 2.21. The summed E-state index contributed by atoms with van der Waals surface area (Å²) in [5.74, 6) is 6.13. The molecule has 0 radical (unpaired) electrons. The highest BCUT2D eigenvalue weighted by Crippen LogP contribution is 2.18. The summed E-state index contributed by atoms with van der Waals surface area (Å²) in [6.07, 6.45) is 0. The first-order valence-electron chi connectivity index (χ1n) is 5.15. The van der Waals surface area contributed by atoms with Gasteiger partial charge in [0.2, 0.25) is 0 Å². The molecule has 5 heteroatoms. The van der Waals surface area contributed by atoms with Crippen molar-refractivity contribution in [1.29, 1.82) is 0 Å². The number of benzene rings is 1. The van der Waals surface area contributed by atoms with E-state index in [9.17, 15) is 4.39 Å². The molecule has 0 amide bonds. The van der Waals surface area contributed by atoms with Gasteiger partial charge in [-0.15, -0.1) is 0 Å². The van der Waals surface area contributed by atoms with Crippen LogP contribution in [0.5, 0.6) is 0 Å². The molecule has 0 aliphatic carbocycles. The van der Waals surface area contributed by atoms with Gasteiger partial charge in [0.15, 0.2) is 0 Å². The van der Waals surface area contributed by atoms with Gasteiger partial charge in [0.05, 0.1) is 0 Å². The summed E-state index contributed by atoms with van der Waals surface area (Å²) in [4.78, 5) is 4.18. The van der Waals surface area contributed by atoms with Crippen LogP contribution in [0, 0.1) is 12.7 Å². The minimum atomic E-state index is -0.277. The van der Waals surface area contributed by atoms with Gasteiger partial charge in [-0.2, -0.15) is 0 Å². The van der Waals surface area contributed by atoms with Crippen molar-refractivity contribution in [3.8, 4) is 0 Å². The van der Waals surface area contributed by atoms with Gasteiger partial charge in [-0.3, -0.25) is 0 Å². The fourth-order valence-electron chi connectivity index (χ4n) is 1.54. The molecular formula is C12H13FN4. The minimum Gasteiger partial charge on any atom is -0.340 e. The van der Waals surface area contributed by atoms with Crippen LogP contribution in [0.2, 0.25) is 0 Å². The molecule has 0 aliphatic heterocycles. The first-order chi connectivity index (χ1) is 8.17. The van der Waals surface area contributed by atoms with Crippen molar-refractivity contribution < 1.29 is 4.39 Å². The van der Waals surface area contributed by atoms with Crippen molar-refractivity contribution in [2.75, 3.05) is 10.7 Å². The second kappa shape index (κ2) is 4.80. The number of pyridine rings is 1. The quantitative estimate of drug-likeness (QED) is 0.562. The Morgan fingerprint density at radius 2 is 1.94 bits per heavy atom. The normalized spacial score (nSPS) is 10.1. The standard InChI is InChI=1S/C12H13FN4/c1-8-5-9(13)7-10(6-8)15-11-3-2-4-12(16-11)17-14/h2-7H,14H2,1H3,(H2,15,16,17). The lowest BCUT2D eigenvalue weighted by atomic mass is 10.2. The van der Waals surface area contributed by atoms with Crippen LogP contribution in [0.15, 0.2) is 36.4 Å². The van der Waals surface area contributed by atoms with Crippen LogP contribution in [-0.2, 0) is 0 Å². The molecule has 2 aromatic rings. The Labute approximate surface area is 98.6 Å². The van der Waals surface area contributed by atoms with E-state index in [4.69, 9.17) is 5.84 Å². The zero-order valence-electron chi connectivity index (χ0n) is 9.37. The topological polar surface area (TPSA) is 63.0 Å². The van der Waals surface area contributed by atoms with E-state index in [-0.39, 0.29) is 5.82 Å². The number of halogens is 1. The Bertz CT molecular complexity index is 507. The molecular weight excluding hydrogens is 219 g/mol. The van der Waals surface area contributed by atoms with Gasteiger partial charge in [0.1, 0.15) is 17.5 Å². The van der Waals surface area contributed by atoms with Crippen molar-refractivity contribution in [2.45, 2.75) is 6.92 Å². The second-order valence-corrected chi connectivity index (χ2v) is 3.69. The molecule has 88 valence electrons. The molecule has 0 unspecified atom stereocenters. The molecule has 4 N–H and O–H groups in total. The molecule has 1 aromatic carbocycles. The zero-order chi connectivity index (χ0) is 12.3. The maximum absolute atomic E-state index is 13.2. The van der Waals surface area contributed by atoms with E-state index in [0.717, 1.165) is 5.56 Å². The van der Waals surface area contributed by atoms with E-state index in [1.54, 1.807) is 18.2 Å². The van der Waals surface area contributed by atoms with E-state index in [1.807, 2.05) is 13.0 Å². The molecule has 0 fully saturated rings. The Morgan fingerprint density at radius 3 is 2.65 bits per heavy atom.